The van der Waals surface area contributed by atoms with Crippen LogP contribution in [0.5, 0.6) is 0 Å². The van der Waals surface area contributed by atoms with Gasteiger partial charge in [0, 0.05) is 25.1 Å². The zero-order chi connectivity index (χ0) is 21.9. The van der Waals surface area contributed by atoms with Crippen LogP contribution in [-0.4, -0.2) is 40.0 Å². The Hall–Kier alpha value is -2.93. The second kappa shape index (κ2) is 9.28. The van der Waals surface area contributed by atoms with Crippen LogP contribution in [0.25, 0.3) is 10.9 Å². The smallest absolute Gasteiger partial charge is 0.261 e. The summed E-state index contributed by atoms with van der Waals surface area (Å²) in [6.45, 7) is 3.22. The minimum atomic E-state index is -0.155. The monoisotopic (exact) mass is 434 g/mol. The second-order valence-corrected chi connectivity index (χ2v) is 8.87. The van der Waals surface area contributed by atoms with E-state index in [2.05, 4.69) is 10.2 Å². The van der Waals surface area contributed by atoms with Gasteiger partial charge < -0.3 is 9.73 Å². The average Bonchev–Trinajstić information content (AvgIpc) is 3.25. The molecule has 2 aromatic heterocycles. The first-order chi connectivity index (χ1) is 15.7. The van der Waals surface area contributed by atoms with E-state index in [1.807, 2.05) is 16.7 Å². The predicted octanol–water partition coefficient (Wildman–Crippen LogP) is 3.67. The van der Waals surface area contributed by atoms with Crippen LogP contribution >= 0.6 is 0 Å². The van der Waals surface area contributed by atoms with E-state index in [-0.39, 0.29) is 17.5 Å². The number of amides is 1. The summed E-state index contributed by atoms with van der Waals surface area (Å²) in [6, 6.07) is 9.11. The molecule has 3 aromatic rings. The van der Waals surface area contributed by atoms with Crippen LogP contribution in [0, 0.1) is 0 Å². The summed E-state index contributed by atoms with van der Waals surface area (Å²) in [6.07, 6.45) is 9.24. The Kier molecular flexibility index (Phi) is 6.08. The summed E-state index contributed by atoms with van der Waals surface area (Å²) in [5.41, 5.74) is 1.14. The molecule has 0 aliphatic carbocycles. The van der Waals surface area contributed by atoms with E-state index in [4.69, 9.17) is 9.40 Å². The fraction of sp³-hybridized carbons (Fsp3) is 0.480. The summed E-state index contributed by atoms with van der Waals surface area (Å²) < 4.78 is 7.49. The van der Waals surface area contributed by atoms with Gasteiger partial charge >= 0.3 is 0 Å². The number of hydrogen-bond acceptors (Lipinski definition) is 5. The molecule has 1 N–H and O–H groups in total. The number of rotatable bonds is 5. The number of hydrogen-bond donors (Lipinski definition) is 1. The lowest BCUT2D eigenvalue weighted by Gasteiger charge is -2.33. The highest BCUT2D eigenvalue weighted by atomic mass is 16.3. The molecule has 168 valence electrons. The number of carbonyl (C=O) groups is 1. The molecule has 5 rings (SSSR count). The molecule has 2 aliphatic rings. The summed E-state index contributed by atoms with van der Waals surface area (Å²) in [5.74, 6) is 1.56. The van der Waals surface area contributed by atoms with Crippen LogP contribution in [0.2, 0.25) is 0 Å². The first-order valence-electron chi connectivity index (χ1n) is 11.8. The third-order valence-corrected chi connectivity index (χ3v) is 6.74. The van der Waals surface area contributed by atoms with E-state index >= 15 is 0 Å². The van der Waals surface area contributed by atoms with E-state index in [0.29, 0.717) is 23.0 Å². The van der Waals surface area contributed by atoms with Crippen molar-refractivity contribution in [3.05, 3.63) is 64.1 Å². The Morgan fingerprint density at radius 1 is 1.06 bits per heavy atom. The molecule has 1 amide bonds. The largest absolute Gasteiger partial charge is 0.468 e. The number of benzene rings is 1. The molecule has 1 aromatic carbocycles. The molecule has 1 atom stereocenters. The fourth-order valence-corrected chi connectivity index (χ4v) is 4.97. The molecule has 0 radical (unpaired) electrons. The van der Waals surface area contributed by atoms with Crippen LogP contribution < -0.4 is 10.9 Å². The standard InChI is InChI=1S/C25H30N4O3/c30-24(26-17-21(22-8-7-15-32-22)28-12-4-2-5-13-28)18-10-11-19-20(16-18)27-23-9-3-1-6-14-29(23)25(19)31/h7-8,10-11,15-16,21H,1-6,9,12-14,17H2,(H,26,30)/t21-/m0/s1. The molecule has 32 heavy (non-hydrogen) atoms. The highest BCUT2D eigenvalue weighted by Gasteiger charge is 2.25. The Labute approximate surface area is 187 Å². The molecule has 0 saturated carbocycles. The Bertz CT molecular complexity index is 1150. The van der Waals surface area contributed by atoms with Crippen molar-refractivity contribution in [2.75, 3.05) is 19.6 Å². The molecule has 7 heteroatoms. The molecule has 0 unspecified atom stereocenters. The molecular formula is C25H30N4O3. The minimum absolute atomic E-state index is 0.00170. The number of furan rings is 1. The van der Waals surface area contributed by atoms with Gasteiger partial charge in [-0.1, -0.05) is 12.8 Å². The zero-order valence-electron chi connectivity index (χ0n) is 18.4. The molecule has 0 bridgehead atoms. The number of fused-ring (bicyclic) bond motifs is 2. The summed E-state index contributed by atoms with van der Waals surface area (Å²) >= 11 is 0. The van der Waals surface area contributed by atoms with Crippen molar-refractivity contribution in [1.29, 1.82) is 0 Å². The van der Waals surface area contributed by atoms with Crippen LogP contribution in [0.15, 0.2) is 45.8 Å². The van der Waals surface area contributed by atoms with E-state index in [9.17, 15) is 9.59 Å². The van der Waals surface area contributed by atoms with Crippen molar-refractivity contribution in [2.24, 2.45) is 0 Å². The van der Waals surface area contributed by atoms with Crippen molar-refractivity contribution in [3.63, 3.8) is 0 Å². The van der Waals surface area contributed by atoms with E-state index < -0.39 is 0 Å². The molecule has 2 aliphatic heterocycles. The van der Waals surface area contributed by atoms with Crippen molar-refractivity contribution >= 4 is 16.8 Å². The van der Waals surface area contributed by atoms with E-state index in [0.717, 1.165) is 56.9 Å². The summed E-state index contributed by atoms with van der Waals surface area (Å²) in [5, 5.41) is 3.66. The second-order valence-electron chi connectivity index (χ2n) is 8.87. The first-order valence-corrected chi connectivity index (χ1v) is 11.8. The lowest BCUT2D eigenvalue weighted by molar-refractivity contribution is 0.0914. The highest BCUT2D eigenvalue weighted by molar-refractivity contribution is 5.97. The SMILES string of the molecule is O=C(NC[C@@H](c1ccco1)N1CCCCC1)c1ccc2c(=O)n3c(nc2c1)CCCCC3. The third-order valence-electron chi connectivity index (χ3n) is 6.74. The quantitative estimate of drug-likeness (QED) is 0.663. The Balaban J connectivity index is 1.36. The molecule has 1 saturated heterocycles. The van der Waals surface area contributed by atoms with Gasteiger partial charge in [-0.15, -0.1) is 0 Å². The number of piperidine rings is 1. The van der Waals surface area contributed by atoms with Crippen molar-refractivity contribution < 1.29 is 9.21 Å². The molecule has 0 spiro atoms. The molecular weight excluding hydrogens is 404 g/mol. The number of aryl methyl sites for hydroxylation is 1. The van der Waals surface area contributed by atoms with Gasteiger partial charge in [0.15, 0.2) is 0 Å². The van der Waals surface area contributed by atoms with Crippen molar-refractivity contribution in [3.8, 4) is 0 Å². The fourth-order valence-electron chi connectivity index (χ4n) is 4.97. The Morgan fingerprint density at radius 2 is 1.88 bits per heavy atom. The normalized spacial score (nSPS) is 18.1. The van der Waals surface area contributed by atoms with Crippen LogP contribution in [0.1, 0.15) is 66.5 Å². The van der Waals surface area contributed by atoms with Gasteiger partial charge in [-0.3, -0.25) is 19.1 Å². The van der Waals surface area contributed by atoms with Crippen LogP contribution in [0.4, 0.5) is 0 Å². The van der Waals surface area contributed by atoms with Gasteiger partial charge in [0.25, 0.3) is 11.5 Å². The third kappa shape index (κ3) is 4.21. The van der Waals surface area contributed by atoms with Gasteiger partial charge in [0.2, 0.25) is 0 Å². The number of aromatic nitrogens is 2. The molecule has 4 heterocycles. The van der Waals surface area contributed by atoms with Gasteiger partial charge in [-0.05, 0) is 69.1 Å². The molecule has 1 fully saturated rings. The average molecular weight is 435 g/mol. The maximum atomic E-state index is 13.0. The predicted molar refractivity (Wildman–Crippen MR) is 123 cm³/mol. The van der Waals surface area contributed by atoms with Crippen LogP contribution in [0.3, 0.4) is 0 Å². The Morgan fingerprint density at radius 3 is 2.69 bits per heavy atom. The van der Waals surface area contributed by atoms with E-state index in [1.165, 1.54) is 19.3 Å². The highest BCUT2D eigenvalue weighted by Crippen LogP contribution is 2.25. The lowest BCUT2D eigenvalue weighted by Crippen LogP contribution is -2.40. The van der Waals surface area contributed by atoms with Gasteiger partial charge in [0.05, 0.1) is 23.2 Å². The number of nitrogens with zero attached hydrogens (tertiary/aromatic N) is 3. The van der Waals surface area contributed by atoms with Crippen molar-refractivity contribution in [1.82, 2.24) is 19.8 Å². The van der Waals surface area contributed by atoms with Gasteiger partial charge in [-0.25, -0.2) is 4.98 Å². The van der Waals surface area contributed by atoms with Crippen molar-refractivity contribution in [2.45, 2.75) is 57.5 Å². The zero-order valence-corrected chi connectivity index (χ0v) is 18.4. The van der Waals surface area contributed by atoms with Gasteiger partial charge in [0.1, 0.15) is 11.6 Å². The maximum Gasteiger partial charge on any atom is 0.261 e. The topological polar surface area (TPSA) is 80.4 Å². The number of likely N-dealkylation sites (tertiary alicyclic amines) is 1. The number of carbonyl (C=O) groups excluding carboxylic acids is 1. The van der Waals surface area contributed by atoms with E-state index in [1.54, 1.807) is 24.5 Å². The maximum absolute atomic E-state index is 13.0. The minimum Gasteiger partial charge on any atom is -0.468 e. The number of nitrogens with one attached hydrogen (secondary N) is 1. The lowest BCUT2D eigenvalue weighted by atomic mass is 10.1. The molecule has 7 nitrogen and oxygen atoms in total. The first kappa shape index (κ1) is 20.9. The van der Waals surface area contributed by atoms with Crippen LogP contribution in [-0.2, 0) is 13.0 Å². The van der Waals surface area contributed by atoms with Gasteiger partial charge in [-0.2, -0.15) is 0 Å². The summed E-state index contributed by atoms with van der Waals surface area (Å²) in [7, 11) is 0. The summed E-state index contributed by atoms with van der Waals surface area (Å²) in [4.78, 5) is 33.1.